The third kappa shape index (κ3) is 13.1. The van der Waals surface area contributed by atoms with Crippen molar-refractivity contribution >= 4 is 32.1 Å². The fourth-order valence-corrected chi connectivity index (χ4v) is 3.41. The van der Waals surface area contributed by atoms with Gasteiger partial charge in [0.25, 0.3) is 0 Å². The topological polar surface area (TPSA) is 306 Å². The number of hydrogen-bond donors (Lipinski definition) is 5. The van der Waals surface area contributed by atoms with E-state index in [0.29, 0.717) is 17.6 Å². The first-order valence-electron chi connectivity index (χ1n) is 8.95. The van der Waals surface area contributed by atoms with Gasteiger partial charge in [0.15, 0.2) is 20.2 Å². The summed E-state index contributed by atoms with van der Waals surface area (Å²) in [5.74, 6) is 1.32. The summed E-state index contributed by atoms with van der Waals surface area (Å²) in [6, 6.07) is 8.59. The molecule has 0 bridgehead atoms. The van der Waals surface area contributed by atoms with E-state index in [0.717, 1.165) is 12.8 Å². The first kappa shape index (κ1) is 50.3. The summed E-state index contributed by atoms with van der Waals surface area (Å²) in [7, 11) is -12.2. The van der Waals surface area contributed by atoms with Gasteiger partial charge in [-0.2, -0.15) is 26.3 Å². The molecule has 234 valence electrons. The quantitative estimate of drug-likeness (QED) is 0.135. The van der Waals surface area contributed by atoms with E-state index in [2.05, 4.69) is 50.3 Å². The second-order valence-electron chi connectivity index (χ2n) is 7.60. The number of ketones is 1. The normalized spacial score (nSPS) is 18.7. The maximum Gasteiger partial charge on any atom is 2.00 e. The molecule has 12 nitrogen and oxygen atoms in total. The van der Waals surface area contributed by atoms with Crippen LogP contribution in [0.25, 0.3) is 6.08 Å². The summed E-state index contributed by atoms with van der Waals surface area (Å²) in [6.45, 7) is 4.20. The molecule has 15 N–H and O–H groups in total. The van der Waals surface area contributed by atoms with Gasteiger partial charge < -0.3 is 39.9 Å². The van der Waals surface area contributed by atoms with E-state index < -0.39 is 31.3 Å². The van der Waals surface area contributed by atoms with Gasteiger partial charge in [-0.05, 0) is 29.4 Å². The summed E-state index contributed by atoms with van der Waals surface area (Å²) in [6.07, 6.45) is 6.19. The zero-order valence-corrected chi connectivity index (χ0v) is 25.0. The van der Waals surface area contributed by atoms with Crippen LogP contribution < -0.4 is 30.8 Å². The summed E-state index contributed by atoms with van der Waals surface area (Å²) in [5, 5.41) is 0. The number of halogens is 6. The number of hydrogen-bond acceptors (Lipinski definition) is 12. The van der Waals surface area contributed by atoms with Crippen molar-refractivity contribution in [2.75, 3.05) is 0 Å². The molecule has 0 aliphatic heterocycles. The van der Waals surface area contributed by atoms with E-state index in [4.69, 9.17) is 25.9 Å². The summed E-state index contributed by atoms with van der Waals surface area (Å²) < 4.78 is 118. The van der Waals surface area contributed by atoms with Crippen molar-refractivity contribution < 1.29 is 76.9 Å². The Morgan fingerprint density at radius 2 is 1.18 bits per heavy atom. The molecule has 0 radical (unpaired) electrons. The van der Waals surface area contributed by atoms with Crippen LogP contribution in [0.5, 0.6) is 0 Å². The van der Waals surface area contributed by atoms with Crippen molar-refractivity contribution in [3.05, 3.63) is 41.5 Å². The monoisotopic (exact) mass is 801 g/mol. The van der Waals surface area contributed by atoms with E-state index in [1.807, 2.05) is 0 Å². The van der Waals surface area contributed by atoms with E-state index >= 15 is 0 Å². The Bertz CT molecular complexity index is 1090. The minimum absolute atomic E-state index is 0. The number of benzene rings is 1. The Hall–Kier alpha value is -1.53. The van der Waals surface area contributed by atoms with Gasteiger partial charge in [0, 0.05) is 11.8 Å². The molecule has 0 spiro atoms. The van der Waals surface area contributed by atoms with Crippen LogP contribution in [-0.4, -0.2) is 42.7 Å². The summed E-state index contributed by atoms with van der Waals surface area (Å²) in [5.41, 5.74) is -8.73. The maximum absolute atomic E-state index is 12.0. The fraction of sp³-hybridized carbons (Fsp3) is 0.500. The number of alkyl halides is 6. The third-order valence-corrected chi connectivity index (χ3v) is 6.25. The Morgan fingerprint density at radius 3 is 1.54 bits per heavy atom. The molecule has 2 aliphatic rings. The van der Waals surface area contributed by atoms with Gasteiger partial charge >= 0.3 is 30.8 Å². The molecule has 0 saturated heterocycles. The molecule has 2 atom stereocenters. The molecule has 21 heteroatoms. The average Bonchev–Trinajstić information content (AvgIpc) is 2.62. The molecular formula is C18H33F6N5O7OsS2. The standard InChI is InChI=1S/C16H18O.2CHF3O3S.5H3N.Os/c1-16(2)14-9-7-11-5-3-4-6-12(11)13(14)8-10-15(16)17;2*2-1(3,4)8(5,6)7;;;;;;/h3-7,9,13-14H,8,10H2,1-2H3;2*(H,5,6,7);5*1H3;/q;;;;;;;;+2/p-2/t13-,14+;;;;;;;;/m0......../s1. The van der Waals surface area contributed by atoms with Crippen LogP contribution in [0.3, 0.4) is 0 Å². The molecule has 3 rings (SSSR count). The van der Waals surface area contributed by atoms with E-state index in [-0.39, 0.29) is 56.0 Å². The molecule has 0 heterocycles. The molecule has 1 aromatic carbocycles. The van der Waals surface area contributed by atoms with Crippen molar-refractivity contribution in [1.82, 2.24) is 30.8 Å². The zero-order chi connectivity index (χ0) is 26.0. The number of carbonyl (C=O) groups excluding carboxylic acids is 1. The van der Waals surface area contributed by atoms with Gasteiger partial charge in [-0.1, -0.05) is 50.3 Å². The number of Topliss-reactive ketones (excluding diaryl/α,β-unsaturated/α-hetero) is 1. The Morgan fingerprint density at radius 1 is 0.821 bits per heavy atom. The van der Waals surface area contributed by atoms with Crippen molar-refractivity contribution in [2.24, 2.45) is 11.3 Å². The number of allylic oxidation sites excluding steroid dienone is 1. The number of carbonyl (C=O) groups is 1. The Labute approximate surface area is 235 Å². The number of rotatable bonds is 0. The molecule has 0 amide bonds. The van der Waals surface area contributed by atoms with Crippen molar-refractivity contribution in [1.29, 1.82) is 0 Å². The molecule has 0 aromatic heterocycles. The van der Waals surface area contributed by atoms with Gasteiger partial charge in [-0.25, -0.2) is 16.8 Å². The van der Waals surface area contributed by atoms with Crippen LogP contribution in [0.15, 0.2) is 30.3 Å². The van der Waals surface area contributed by atoms with E-state index in [1.165, 1.54) is 11.1 Å². The molecule has 1 saturated carbocycles. The maximum atomic E-state index is 12.0. The van der Waals surface area contributed by atoms with Crippen molar-refractivity contribution in [2.45, 2.75) is 43.6 Å². The van der Waals surface area contributed by atoms with Crippen molar-refractivity contribution in [3.8, 4) is 0 Å². The molecule has 2 aliphatic carbocycles. The Balaban J connectivity index is -0.000000109. The number of fused-ring (bicyclic) bond motifs is 3. The largest absolute Gasteiger partial charge is 2.00 e. The summed E-state index contributed by atoms with van der Waals surface area (Å²) in [4.78, 5) is 12.0. The van der Waals surface area contributed by atoms with E-state index in [1.54, 1.807) is 0 Å². The van der Waals surface area contributed by atoms with Crippen molar-refractivity contribution in [3.63, 3.8) is 0 Å². The van der Waals surface area contributed by atoms with Gasteiger partial charge in [0.1, 0.15) is 5.78 Å². The van der Waals surface area contributed by atoms with Gasteiger partial charge in [0.05, 0.1) is 0 Å². The first-order valence-corrected chi connectivity index (χ1v) is 11.8. The fourth-order valence-electron chi connectivity index (χ4n) is 3.41. The minimum atomic E-state index is -6.09. The van der Waals surface area contributed by atoms with Gasteiger partial charge in [0.2, 0.25) is 0 Å². The molecule has 0 unspecified atom stereocenters. The smallest absolute Gasteiger partial charge is 0.741 e. The first-order chi connectivity index (χ1) is 14.6. The molecular weight excluding hydrogens is 767 g/mol. The van der Waals surface area contributed by atoms with Crippen LogP contribution in [-0.2, 0) is 44.8 Å². The van der Waals surface area contributed by atoms with Crippen LogP contribution in [0.1, 0.15) is 43.7 Å². The zero-order valence-electron chi connectivity index (χ0n) is 20.9. The third-order valence-electron chi connectivity index (χ3n) is 5.11. The molecule has 1 aromatic rings. The van der Waals surface area contributed by atoms with Gasteiger partial charge in [-0.15, -0.1) is 0 Å². The van der Waals surface area contributed by atoms with Crippen LogP contribution in [0.2, 0.25) is 0 Å². The SMILES string of the molecule is CC1(C)C(=O)CC[C@H]2c3ccccc3C=C[C@H]21.N.N.N.N.N.O=S(=O)([O-])C(F)(F)F.O=S(=O)([O-])C(F)(F)F.[Os+2]. The minimum Gasteiger partial charge on any atom is -0.741 e. The molecule has 39 heavy (non-hydrogen) atoms. The van der Waals surface area contributed by atoms with Gasteiger partial charge in [-0.3, -0.25) is 4.79 Å². The molecule has 1 fully saturated rings. The Kier molecular flexibility index (Phi) is 22.3. The average molecular weight is 800 g/mol. The predicted octanol–water partition coefficient (Wildman–Crippen LogP) is 4.71. The van der Waals surface area contributed by atoms with E-state index in [9.17, 15) is 31.1 Å². The predicted molar refractivity (Wildman–Crippen MR) is 126 cm³/mol. The second kappa shape index (κ2) is 17.3. The second-order valence-corrected chi connectivity index (χ2v) is 10.3. The van der Waals surface area contributed by atoms with Crippen LogP contribution >= 0.6 is 0 Å². The summed E-state index contributed by atoms with van der Waals surface area (Å²) >= 11 is 0. The van der Waals surface area contributed by atoms with Crippen LogP contribution in [0, 0.1) is 11.3 Å². The van der Waals surface area contributed by atoms with Crippen LogP contribution in [0.4, 0.5) is 26.3 Å².